The van der Waals surface area contributed by atoms with Crippen LogP contribution in [-0.4, -0.2) is 40.6 Å². The van der Waals surface area contributed by atoms with Gasteiger partial charge in [0.1, 0.15) is 0 Å². The first-order valence-corrected chi connectivity index (χ1v) is 13.3. The maximum Gasteiger partial charge on any atom is 0.240 e. The molecule has 0 aromatic heterocycles. The summed E-state index contributed by atoms with van der Waals surface area (Å²) in [6.07, 6.45) is 1.52. The molecule has 4 rings (SSSR count). The number of nitrogens with one attached hydrogen (secondary N) is 2. The van der Waals surface area contributed by atoms with Gasteiger partial charge in [0.15, 0.2) is 11.5 Å². The molecular formula is C27H30N2O5S. The molecule has 2 N–H and O–H groups in total. The van der Waals surface area contributed by atoms with Gasteiger partial charge in [0.05, 0.1) is 18.1 Å². The molecule has 184 valence electrons. The second kappa shape index (κ2) is 11.9. The van der Waals surface area contributed by atoms with Crippen LogP contribution in [0.1, 0.15) is 36.3 Å². The third-order valence-corrected chi connectivity index (χ3v) is 7.29. The number of amides is 1. The number of ether oxygens (including phenoxy) is 2. The first-order valence-electron chi connectivity index (χ1n) is 11.8. The minimum Gasteiger partial charge on any atom is -0.490 e. The van der Waals surface area contributed by atoms with E-state index in [-0.39, 0.29) is 29.7 Å². The van der Waals surface area contributed by atoms with Gasteiger partial charge in [-0.05, 0) is 29.7 Å². The third kappa shape index (κ3) is 6.83. The zero-order valence-electron chi connectivity index (χ0n) is 19.5. The summed E-state index contributed by atoms with van der Waals surface area (Å²) in [6, 6.07) is 24.9. The number of rotatable bonds is 10. The lowest BCUT2D eigenvalue weighted by Crippen LogP contribution is -2.31. The van der Waals surface area contributed by atoms with E-state index in [1.165, 1.54) is 23.3 Å². The second-order valence-corrected chi connectivity index (χ2v) is 10.1. The van der Waals surface area contributed by atoms with Gasteiger partial charge < -0.3 is 14.8 Å². The summed E-state index contributed by atoms with van der Waals surface area (Å²) >= 11 is 0. The number of fused-ring (bicyclic) bond motifs is 1. The average molecular weight is 495 g/mol. The molecule has 1 aliphatic rings. The number of hydrogen-bond donors (Lipinski definition) is 2. The fourth-order valence-electron chi connectivity index (χ4n) is 4.03. The first kappa shape index (κ1) is 24.8. The molecule has 0 bridgehead atoms. The number of sulfonamides is 1. The normalized spacial score (nSPS) is 13.3. The Kier molecular flexibility index (Phi) is 8.39. The van der Waals surface area contributed by atoms with Crippen molar-refractivity contribution in [1.29, 1.82) is 0 Å². The van der Waals surface area contributed by atoms with Crippen LogP contribution in [0.4, 0.5) is 0 Å². The van der Waals surface area contributed by atoms with E-state index in [0.29, 0.717) is 31.3 Å². The standard InChI is InChI=1S/C27H30N2O5S/c30-27(28-16-14-24(21-8-3-1-4-9-21)22-10-5-2-6-11-22)15-17-29-35(31,32)23-12-13-25-26(20-23)34-19-7-18-33-25/h1-6,8-13,20,24,29H,7,14-19H2,(H,28,30). The quantitative estimate of drug-likeness (QED) is 0.447. The molecule has 0 unspecified atom stereocenters. The minimum atomic E-state index is -3.77. The first-order chi connectivity index (χ1) is 17.0. The van der Waals surface area contributed by atoms with Crippen LogP contribution in [0, 0.1) is 0 Å². The van der Waals surface area contributed by atoms with E-state index in [4.69, 9.17) is 9.47 Å². The molecule has 35 heavy (non-hydrogen) atoms. The smallest absolute Gasteiger partial charge is 0.240 e. The number of carbonyl (C=O) groups is 1. The van der Waals surface area contributed by atoms with Crippen molar-refractivity contribution in [2.75, 3.05) is 26.3 Å². The number of carbonyl (C=O) groups excluding carboxylic acids is 1. The number of benzene rings is 3. The number of hydrogen-bond acceptors (Lipinski definition) is 5. The summed E-state index contributed by atoms with van der Waals surface area (Å²) in [5, 5.41) is 2.92. The van der Waals surface area contributed by atoms with Crippen LogP contribution in [0.3, 0.4) is 0 Å². The van der Waals surface area contributed by atoms with Crippen molar-refractivity contribution < 1.29 is 22.7 Å². The Labute approximate surface area is 206 Å². The predicted molar refractivity (Wildman–Crippen MR) is 134 cm³/mol. The maximum atomic E-state index is 12.7. The molecule has 0 atom stereocenters. The van der Waals surface area contributed by atoms with Gasteiger partial charge in [0, 0.05) is 37.9 Å². The van der Waals surface area contributed by atoms with Crippen molar-refractivity contribution in [1.82, 2.24) is 10.0 Å². The zero-order chi connectivity index (χ0) is 24.5. The Balaban J connectivity index is 1.27. The van der Waals surface area contributed by atoms with E-state index in [0.717, 1.165) is 12.8 Å². The fraction of sp³-hybridized carbons (Fsp3) is 0.296. The highest BCUT2D eigenvalue weighted by Gasteiger charge is 2.19. The molecule has 1 amide bonds. The lowest BCUT2D eigenvalue weighted by Gasteiger charge is -2.18. The molecule has 8 heteroatoms. The van der Waals surface area contributed by atoms with Gasteiger partial charge in [-0.15, -0.1) is 0 Å². The van der Waals surface area contributed by atoms with Crippen LogP contribution < -0.4 is 19.5 Å². The zero-order valence-corrected chi connectivity index (χ0v) is 20.3. The highest BCUT2D eigenvalue weighted by Crippen LogP contribution is 2.32. The van der Waals surface area contributed by atoms with Crippen LogP contribution >= 0.6 is 0 Å². The maximum absolute atomic E-state index is 12.7. The Morgan fingerprint density at radius 3 is 2.11 bits per heavy atom. The Hall–Kier alpha value is -3.36. The highest BCUT2D eigenvalue weighted by atomic mass is 32.2. The molecule has 0 saturated heterocycles. The lowest BCUT2D eigenvalue weighted by atomic mass is 9.88. The van der Waals surface area contributed by atoms with Gasteiger partial charge in [-0.3, -0.25) is 4.79 Å². The summed E-state index contributed by atoms with van der Waals surface area (Å²) in [5.41, 5.74) is 2.38. The van der Waals surface area contributed by atoms with Gasteiger partial charge in [-0.25, -0.2) is 13.1 Å². The van der Waals surface area contributed by atoms with E-state index in [1.54, 1.807) is 6.07 Å². The third-order valence-electron chi connectivity index (χ3n) is 5.83. The van der Waals surface area contributed by atoms with Crippen LogP contribution in [0.15, 0.2) is 83.8 Å². The van der Waals surface area contributed by atoms with Crippen LogP contribution in [0.5, 0.6) is 11.5 Å². The molecule has 0 aliphatic carbocycles. The molecule has 7 nitrogen and oxygen atoms in total. The largest absolute Gasteiger partial charge is 0.490 e. The van der Waals surface area contributed by atoms with Crippen molar-refractivity contribution >= 4 is 15.9 Å². The Bertz CT molecular complexity index is 1180. The van der Waals surface area contributed by atoms with Crippen molar-refractivity contribution in [2.45, 2.75) is 30.1 Å². The topological polar surface area (TPSA) is 93.7 Å². The summed E-state index contributed by atoms with van der Waals surface area (Å²) < 4.78 is 38.9. The minimum absolute atomic E-state index is 0.00338. The van der Waals surface area contributed by atoms with E-state index in [9.17, 15) is 13.2 Å². The van der Waals surface area contributed by atoms with Crippen molar-refractivity contribution in [3.05, 3.63) is 90.0 Å². The summed E-state index contributed by atoms with van der Waals surface area (Å²) in [6.45, 7) is 1.50. The van der Waals surface area contributed by atoms with Crippen LogP contribution in [-0.2, 0) is 14.8 Å². The Morgan fingerprint density at radius 2 is 1.46 bits per heavy atom. The van der Waals surface area contributed by atoms with E-state index < -0.39 is 10.0 Å². The van der Waals surface area contributed by atoms with Crippen molar-refractivity contribution in [3.63, 3.8) is 0 Å². The van der Waals surface area contributed by atoms with Gasteiger partial charge in [-0.1, -0.05) is 60.7 Å². The average Bonchev–Trinajstić information content (AvgIpc) is 3.13. The summed E-state index contributed by atoms with van der Waals surface area (Å²) in [5.74, 6) is 0.904. The van der Waals surface area contributed by atoms with Crippen LogP contribution in [0.25, 0.3) is 0 Å². The van der Waals surface area contributed by atoms with Crippen LogP contribution in [0.2, 0.25) is 0 Å². The van der Waals surface area contributed by atoms with Crippen molar-refractivity contribution in [2.24, 2.45) is 0 Å². The highest BCUT2D eigenvalue weighted by molar-refractivity contribution is 7.89. The SMILES string of the molecule is O=C(CCNS(=O)(=O)c1ccc2c(c1)OCCCO2)NCCC(c1ccccc1)c1ccccc1. The van der Waals surface area contributed by atoms with E-state index in [1.807, 2.05) is 36.4 Å². The molecule has 0 saturated carbocycles. The molecule has 1 aliphatic heterocycles. The van der Waals surface area contributed by atoms with Gasteiger partial charge in [0.2, 0.25) is 15.9 Å². The molecule has 0 spiro atoms. The Morgan fingerprint density at radius 1 is 0.829 bits per heavy atom. The summed E-state index contributed by atoms with van der Waals surface area (Å²) in [7, 11) is -3.77. The molecule has 3 aromatic rings. The van der Waals surface area contributed by atoms with Gasteiger partial charge in [-0.2, -0.15) is 0 Å². The second-order valence-electron chi connectivity index (χ2n) is 8.32. The predicted octanol–water partition coefficient (Wildman–Crippen LogP) is 3.85. The van der Waals surface area contributed by atoms with E-state index in [2.05, 4.69) is 34.3 Å². The van der Waals surface area contributed by atoms with Gasteiger partial charge >= 0.3 is 0 Å². The molecule has 0 radical (unpaired) electrons. The van der Waals surface area contributed by atoms with Crippen molar-refractivity contribution in [3.8, 4) is 11.5 Å². The monoisotopic (exact) mass is 494 g/mol. The molecule has 1 heterocycles. The summed E-state index contributed by atoms with van der Waals surface area (Å²) in [4.78, 5) is 12.4. The molecule has 3 aromatic carbocycles. The van der Waals surface area contributed by atoms with Gasteiger partial charge in [0.25, 0.3) is 0 Å². The molecular weight excluding hydrogens is 464 g/mol. The molecule has 0 fully saturated rings. The van der Waals surface area contributed by atoms with E-state index >= 15 is 0 Å². The fourth-order valence-corrected chi connectivity index (χ4v) is 5.08. The lowest BCUT2D eigenvalue weighted by molar-refractivity contribution is -0.120.